The van der Waals surface area contributed by atoms with Crippen molar-refractivity contribution in [1.29, 1.82) is 0 Å². The lowest BCUT2D eigenvalue weighted by atomic mass is 10.1. The summed E-state index contributed by atoms with van der Waals surface area (Å²) in [5.41, 5.74) is 2.18. The number of amides is 1. The van der Waals surface area contributed by atoms with Crippen molar-refractivity contribution in [3.63, 3.8) is 0 Å². The average Bonchev–Trinajstić information content (AvgIpc) is 2.72. The van der Waals surface area contributed by atoms with Crippen molar-refractivity contribution >= 4 is 17.8 Å². The molecule has 2 aromatic carbocycles. The highest BCUT2D eigenvalue weighted by molar-refractivity contribution is 5.89. The number of benzene rings is 2. The molecule has 28 heavy (non-hydrogen) atoms. The van der Waals surface area contributed by atoms with Crippen LogP contribution in [0.25, 0.3) is 0 Å². The molecule has 1 N–H and O–H groups in total. The van der Waals surface area contributed by atoms with Gasteiger partial charge in [-0.2, -0.15) is 5.10 Å². The number of nitrogens with zero attached hydrogens (tertiary/aromatic N) is 2. The van der Waals surface area contributed by atoms with Gasteiger partial charge >= 0.3 is 0 Å². The van der Waals surface area contributed by atoms with Crippen molar-refractivity contribution in [2.24, 2.45) is 5.10 Å². The van der Waals surface area contributed by atoms with E-state index < -0.39 is 16.9 Å². The molecular weight excluding hydrogens is 370 g/mol. The first-order valence-corrected chi connectivity index (χ1v) is 8.15. The Balaban J connectivity index is 1.72. The minimum absolute atomic E-state index is 0.0227. The Kier molecular flexibility index (Phi) is 5.58. The lowest BCUT2D eigenvalue weighted by molar-refractivity contribution is -0.385. The number of nitro benzene ring substituents is 1. The number of hydrazone groups is 1. The van der Waals surface area contributed by atoms with Crippen LogP contribution in [-0.4, -0.2) is 44.0 Å². The molecule has 146 valence electrons. The van der Waals surface area contributed by atoms with Gasteiger partial charge in [0.05, 0.1) is 37.0 Å². The summed E-state index contributed by atoms with van der Waals surface area (Å²) in [6.07, 6.45) is 0.253. The Labute approximate surface area is 159 Å². The van der Waals surface area contributed by atoms with E-state index in [1.54, 1.807) is 24.3 Å². The molecule has 10 nitrogen and oxygen atoms in total. The fourth-order valence-corrected chi connectivity index (χ4v) is 2.53. The van der Waals surface area contributed by atoms with Crippen LogP contribution in [0.1, 0.15) is 5.56 Å². The molecule has 0 saturated heterocycles. The highest BCUT2D eigenvalue weighted by atomic mass is 16.6. The number of para-hydroxylation sites is 2. The Hall–Kier alpha value is -3.82. The third-order valence-corrected chi connectivity index (χ3v) is 3.91. The van der Waals surface area contributed by atoms with Gasteiger partial charge in [0.15, 0.2) is 23.0 Å². The zero-order valence-corrected chi connectivity index (χ0v) is 15.1. The smallest absolute Gasteiger partial charge is 0.284 e. The summed E-state index contributed by atoms with van der Waals surface area (Å²) >= 11 is 0. The lowest BCUT2D eigenvalue weighted by Crippen LogP contribution is -2.42. The molecule has 1 amide bonds. The molecule has 2 aromatic rings. The van der Waals surface area contributed by atoms with E-state index in [0.29, 0.717) is 17.2 Å². The largest absolute Gasteiger partial charge is 0.493 e. The molecule has 0 unspecified atom stereocenters. The van der Waals surface area contributed by atoms with Crippen molar-refractivity contribution in [1.82, 2.24) is 5.43 Å². The maximum atomic E-state index is 12.2. The second kappa shape index (κ2) is 8.25. The SMILES string of the molecule is COc1cc(/C=N\NC(=O)[C@@H]2COc3ccccc3O2)c([N+](=O)[O-])cc1OC. The van der Waals surface area contributed by atoms with Crippen molar-refractivity contribution in [2.75, 3.05) is 20.8 Å². The summed E-state index contributed by atoms with van der Waals surface area (Å²) in [6, 6.07) is 9.59. The molecule has 0 fully saturated rings. The van der Waals surface area contributed by atoms with E-state index in [2.05, 4.69) is 10.5 Å². The monoisotopic (exact) mass is 387 g/mol. The van der Waals surface area contributed by atoms with E-state index in [1.165, 1.54) is 26.4 Å². The van der Waals surface area contributed by atoms with Gasteiger partial charge in [-0.25, -0.2) is 5.43 Å². The van der Waals surface area contributed by atoms with Gasteiger partial charge in [-0.3, -0.25) is 14.9 Å². The zero-order chi connectivity index (χ0) is 20.1. The van der Waals surface area contributed by atoms with Crippen LogP contribution >= 0.6 is 0 Å². The molecule has 0 radical (unpaired) electrons. The molecule has 3 rings (SSSR count). The summed E-state index contributed by atoms with van der Waals surface area (Å²) in [7, 11) is 2.78. The molecule has 1 atom stereocenters. The maximum Gasteiger partial charge on any atom is 0.284 e. The fraction of sp³-hybridized carbons (Fsp3) is 0.222. The normalized spacial score (nSPS) is 15.1. The second-order valence-electron chi connectivity index (χ2n) is 5.62. The Morgan fingerprint density at radius 2 is 1.93 bits per heavy atom. The van der Waals surface area contributed by atoms with Gasteiger partial charge in [0.1, 0.15) is 6.61 Å². The molecule has 10 heteroatoms. The van der Waals surface area contributed by atoms with E-state index in [-0.39, 0.29) is 23.6 Å². The summed E-state index contributed by atoms with van der Waals surface area (Å²) in [5.74, 6) is 0.960. The quantitative estimate of drug-likeness (QED) is 0.456. The number of methoxy groups -OCH3 is 2. The van der Waals surface area contributed by atoms with E-state index in [9.17, 15) is 14.9 Å². The first kappa shape index (κ1) is 19.0. The Morgan fingerprint density at radius 1 is 1.25 bits per heavy atom. The number of nitrogens with one attached hydrogen (secondary N) is 1. The van der Waals surface area contributed by atoms with Gasteiger partial charge in [0, 0.05) is 0 Å². The predicted octanol–water partition coefficient (Wildman–Crippen LogP) is 1.90. The number of fused-ring (bicyclic) bond motifs is 1. The van der Waals surface area contributed by atoms with Gasteiger partial charge in [-0.1, -0.05) is 12.1 Å². The van der Waals surface area contributed by atoms with Crippen molar-refractivity contribution in [3.8, 4) is 23.0 Å². The first-order chi connectivity index (χ1) is 13.5. The number of hydrogen-bond acceptors (Lipinski definition) is 8. The molecular formula is C18H17N3O7. The average molecular weight is 387 g/mol. The van der Waals surface area contributed by atoms with Crippen LogP contribution in [0.15, 0.2) is 41.5 Å². The molecule has 0 bridgehead atoms. The highest BCUT2D eigenvalue weighted by Gasteiger charge is 2.27. The Morgan fingerprint density at radius 3 is 2.61 bits per heavy atom. The van der Waals surface area contributed by atoms with Crippen molar-refractivity contribution in [3.05, 3.63) is 52.1 Å². The number of hydrogen-bond donors (Lipinski definition) is 1. The number of carbonyl (C=O) groups is 1. The van der Waals surface area contributed by atoms with E-state index in [0.717, 1.165) is 6.21 Å². The standard InChI is InChI=1S/C18H17N3O7/c1-25-15-7-11(12(21(23)24)8-16(15)26-2)9-19-20-18(22)17-10-27-13-5-3-4-6-14(13)28-17/h3-9,17H,10H2,1-2H3,(H,20,22)/b19-9-/t17-/m0/s1. The summed E-state index contributed by atoms with van der Waals surface area (Å²) in [4.78, 5) is 22.9. The van der Waals surface area contributed by atoms with E-state index >= 15 is 0 Å². The highest BCUT2D eigenvalue weighted by Crippen LogP contribution is 2.34. The summed E-state index contributed by atoms with van der Waals surface area (Å²) < 4.78 is 21.2. The minimum atomic E-state index is -0.896. The predicted molar refractivity (Wildman–Crippen MR) is 98.3 cm³/mol. The van der Waals surface area contributed by atoms with Crippen LogP contribution in [0.4, 0.5) is 5.69 Å². The molecule has 0 aliphatic carbocycles. The Bertz CT molecular complexity index is 929. The molecule has 1 heterocycles. The number of nitro groups is 1. The minimum Gasteiger partial charge on any atom is -0.493 e. The van der Waals surface area contributed by atoms with E-state index in [1.807, 2.05) is 0 Å². The maximum absolute atomic E-state index is 12.2. The number of carbonyl (C=O) groups excluding carboxylic acids is 1. The van der Waals surface area contributed by atoms with Crippen LogP contribution < -0.4 is 24.4 Å². The van der Waals surface area contributed by atoms with Gasteiger partial charge in [0.2, 0.25) is 6.10 Å². The topological polar surface area (TPSA) is 122 Å². The first-order valence-electron chi connectivity index (χ1n) is 8.15. The summed E-state index contributed by atoms with van der Waals surface area (Å²) in [6.45, 7) is 0.0227. The molecule has 0 aromatic heterocycles. The number of ether oxygens (including phenoxy) is 4. The van der Waals surface area contributed by atoms with Crippen molar-refractivity contribution < 1.29 is 28.7 Å². The van der Waals surface area contributed by atoms with Crippen molar-refractivity contribution in [2.45, 2.75) is 6.10 Å². The van der Waals surface area contributed by atoms with Gasteiger partial charge < -0.3 is 18.9 Å². The molecule has 1 aliphatic rings. The van der Waals surface area contributed by atoms with Crippen LogP contribution in [0.2, 0.25) is 0 Å². The summed E-state index contributed by atoms with van der Waals surface area (Å²) in [5, 5.41) is 15.1. The third-order valence-electron chi connectivity index (χ3n) is 3.91. The lowest BCUT2D eigenvalue weighted by Gasteiger charge is -2.24. The van der Waals surface area contributed by atoms with Crippen LogP contribution in [0, 0.1) is 10.1 Å². The van der Waals surface area contributed by atoms with Gasteiger partial charge in [-0.05, 0) is 18.2 Å². The van der Waals surface area contributed by atoms with Gasteiger partial charge in [-0.15, -0.1) is 0 Å². The second-order valence-corrected chi connectivity index (χ2v) is 5.62. The van der Waals surface area contributed by atoms with Crippen LogP contribution in [0.3, 0.4) is 0 Å². The molecule has 0 spiro atoms. The van der Waals surface area contributed by atoms with Crippen LogP contribution in [0.5, 0.6) is 23.0 Å². The number of rotatable bonds is 6. The molecule has 0 saturated carbocycles. The zero-order valence-electron chi connectivity index (χ0n) is 15.1. The molecule has 1 aliphatic heterocycles. The fourth-order valence-electron chi connectivity index (χ4n) is 2.53. The van der Waals surface area contributed by atoms with E-state index in [4.69, 9.17) is 18.9 Å². The van der Waals surface area contributed by atoms with Crippen LogP contribution in [-0.2, 0) is 4.79 Å². The third kappa shape index (κ3) is 3.95. The van der Waals surface area contributed by atoms with Gasteiger partial charge in [0.25, 0.3) is 11.6 Å².